The van der Waals surface area contributed by atoms with Gasteiger partial charge in [0, 0.05) is 23.6 Å². The van der Waals surface area contributed by atoms with Crippen LogP contribution < -0.4 is 4.74 Å². The predicted molar refractivity (Wildman–Crippen MR) is 122 cm³/mol. The molecule has 0 amide bonds. The first-order chi connectivity index (χ1) is 13.7. The molecule has 2 aromatic carbocycles. The molecular weight excluding hydrogens is 358 g/mol. The summed E-state index contributed by atoms with van der Waals surface area (Å²) in [6.45, 7) is 15.8. The molecule has 0 spiro atoms. The van der Waals surface area contributed by atoms with E-state index in [1.165, 1.54) is 11.1 Å². The summed E-state index contributed by atoms with van der Waals surface area (Å²) in [7, 11) is 0. The van der Waals surface area contributed by atoms with Crippen LogP contribution in [0.4, 0.5) is 0 Å². The molecule has 2 aromatic rings. The van der Waals surface area contributed by atoms with E-state index in [9.17, 15) is 4.79 Å². The Morgan fingerprint density at radius 2 is 1.55 bits per heavy atom. The Bertz CT molecular complexity index is 773. The number of esters is 1. The standard InChI is InChI=1S/C26H37NO2/c1-18(2)26(28)29-25-14-13-21(7)17-24(25)23(22-11-9-8-10-12-22)15-16-27(19(3)4)20(5)6/h8-14,17-20,23H,15-16H2,1-7H3. The van der Waals surface area contributed by atoms with Crippen LogP contribution in [0, 0.1) is 12.8 Å². The van der Waals surface area contributed by atoms with Crippen molar-refractivity contribution in [3.63, 3.8) is 0 Å². The van der Waals surface area contributed by atoms with E-state index in [2.05, 4.69) is 69.9 Å². The van der Waals surface area contributed by atoms with Gasteiger partial charge in [-0.25, -0.2) is 0 Å². The van der Waals surface area contributed by atoms with E-state index < -0.39 is 0 Å². The molecule has 1 atom stereocenters. The maximum absolute atomic E-state index is 12.3. The molecule has 0 aromatic heterocycles. The summed E-state index contributed by atoms with van der Waals surface area (Å²) in [5, 5.41) is 0. The lowest BCUT2D eigenvalue weighted by Crippen LogP contribution is -2.38. The number of rotatable bonds is 9. The van der Waals surface area contributed by atoms with Crippen LogP contribution in [0.3, 0.4) is 0 Å². The van der Waals surface area contributed by atoms with Gasteiger partial charge in [-0.05, 0) is 59.2 Å². The van der Waals surface area contributed by atoms with Gasteiger partial charge in [-0.2, -0.15) is 0 Å². The smallest absolute Gasteiger partial charge is 0.313 e. The van der Waals surface area contributed by atoms with E-state index in [1.54, 1.807) is 0 Å². The fourth-order valence-electron chi connectivity index (χ4n) is 3.84. The van der Waals surface area contributed by atoms with E-state index >= 15 is 0 Å². The summed E-state index contributed by atoms with van der Waals surface area (Å²) < 4.78 is 5.81. The quantitative estimate of drug-likeness (QED) is 0.374. The minimum atomic E-state index is -0.187. The van der Waals surface area contributed by atoms with Gasteiger partial charge in [0.05, 0.1) is 5.92 Å². The molecule has 1 unspecified atom stereocenters. The number of benzene rings is 2. The largest absolute Gasteiger partial charge is 0.426 e. The van der Waals surface area contributed by atoms with Gasteiger partial charge in [-0.1, -0.05) is 61.9 Å². The fraction of sp³-hybridized carbons (Fsp3) is 0.500. The zero-order valence-electron chi connectivity index (χ0n) is 19.1. The zero-order chi connectivity index (χ0) is 21.6. The highest BCUT2D eigenvalue weighted by Crippen LogP contribution is 2.36. The molecule has 3 heteroatoms. The number of carbonyl (C=O) groups excluding carboxylic acids is 1. The Hall–Kier alpha value is -2.13. The maximum atomic E-state index is 12.3. The molecule has 0 bridgehead atoms. The van der Waals surface area contributed by atoms with Gasteiger partial charge < -0.3 is 4.74 Å². The van der Waals surface area contributed by atoms with E-state index in [0.717, 1.165) is 18.5 Å². The topological polar surface area (TPSA) is 29.5 Å². The summed E-state index contributed by atoms with van der Waals surface area (Å²) in [5.74, 6) is 0.513. The Morgan fingerprint density at radius 3 is 2.10 bits per heavy atom. The molecule has 29 heavy (non-hydrogen) atoms. The van der Waals surface area contributed by atoms with Gasteiger partial charge in [0.15, 0.2) is 0 Å². The van der Waals surface area contributed by atoms with Crippen molar-refractivity contribution in [2.45, 2.75) is 72.9 Å². The molecule has 0 fully saturated rings. The number of ether oxygens (including phenoxy) is 1. The number of carbonyl (C=O) groups is 1. The summed E-state index contributed by atoms with van der Waals surface area (Å²) in [5.41, 5.74) is 3.53. The lowest BCUT2D eigenvalue weighted by Gasteiger charge is -2.32. The Balaban J connectivity index is 2.44. The summed E-state index contributed by atoms with van der Waals surface area (Å²) in [4.78, 5) is 14.8. The molecule has 158 valence electrons. The summed E-state index contributed by atoms with van der Waals surface area (Å²) >= 11 is 0. The second-order valence-corrected chi connectivity index (χ2v) is 8.79. The van der Waals surface area contributed by atoms with Crippen LogP contribution in [-0.2, 0) is 4.79 Å². The van der Waals surface area contributed by atoms with Crippen molar-refractivity contribution in [1.82, 2.24) is 4.90 Å². The van der Waals surface area contributed by atoms with Crippen molar-refractivity contribution in [1.29, 1.82) is 0 Å². The van der Waals surface area contributed by atoms with Crippen LogP contribution in [0.25, 0.3) is 0 Å². The molecule has 0 saturated carbocycles. The fourth-order valence-corrected chi connectivity index (χ4v) is 3.84. The van der Waals surface area contributed by atoms with Crippen molar-refractivity contribution >= 4 is 5.97 Å². The molecular formula is C26H37NO2. The van der Waals surface area contributed by atoms with Crippen molar-refractivity contribution in [3.05, 3.63) is 65.2 Å². The van der Waals surface area contributed by atoms with Gasteiger partial charge in [-0.3, -0.25) is 9.69 Å². The molecule has 0 aliphatic carbocycles. The first-order valence-corrected chi connectivity index (χ1v) is 10.8. The van der Waals surface area contributed by atoms with Crippen LogP contribution in [0.1, 0.15) is 70.6 Å². The Labute approximate surface area is 177 Å². The Morgan fingerprint density at radius 1 is 0.931 bits per heavy atom. The second kappa shape index (κ2) is 10.6. The molecule has 0 aliphatic rings. The van der Waals surface area contributed by atoms with E-state index in [0.29, 0.717) is 17.8 Å². The van der Waals surface area contributed by atoms with Gasteiger partial charge in [0.1, 0.15) is 5.75 Å². The van der Waals surface area contributed by atoms with Crippen LogP contribution in [0.5, 0.6) is 5.75 Å². The summed E-state index contributed by atoms with van der Waals surface area (Å²) in [6, 6.07) is 17.7. The molecule has 0 aliphatic heterocycles. The number of hydrogen-bond acceptors (Lipinski definition) is 3. The van der Waals surface area contributed by atoms with Gasteiger partial charge in [0.25, 0.3) is 0 Å². The Kier molecular flexibility index (Phi) is 8.45. The molecule has 2 rings (SSSR count). The van der Waals surface area contributed by atoms with Crippen molar-refractivity contribution in [2.24, 2.45) is 5.92 Å². The van der Waals surface area contributed by atoms with E-state index in [1.807, 2.05) is 32.0 Å². The van der Waals surface area contributed by atoms with Crippen LogP contribution in [-0.4, -0.2) is 29.5 Å². The molecule has 0 N–H and O–H groups in total. The first kappa shape index (κ1) is 23.2. The normalized spacial score (nSPS) is 12.8. The van der Waals surface area contributed by atoms with Crippen molar-refractivity contribution in [2.75, 3.05) is 6.54 Å². The molecule has 0 radical (unpaired) electrons. The minimum absolute atomic E-state index is 0.156. The van der Waals surface area contributed by atoms with E-state index in [-0.39, 0.29) is 17.8 Å². The van der Waals surface area contributed by atoms with Crippen LogP contribution >= 0.6 is 0 Å². The van der Waals surface area contributed by atoms with Gasteiger partial charge >= 0.3 is 5.97 Å². The number of nitrogens with zero attached hydrogens (tertiary/aromatic N) is 1. The van der Waals surface area contributed by atoms with Crippen molar-refractivity contribution in [3.8, 4) is 5.75 Å². The average molecular weight is 396 g/mol. The summed E-state index contributed by atoms with van der Waals surface area (Å²) in [6.07, 6.45) is 0.968. The third-order valence-electron chi connectivity index (χ3n) is 5.43. The van der Waals surface area contributed by atoms with E-state index in [4.69, 9.17) is 4.74 Å². The minimum Gasteiger partial charge on any atom is -0.426 e. The highest BCUT2D eigenvalue weighted by atomic mass is 16.5. The molecule has 0 heterocycles. The predicted octanol–water partition coefficient (Wildman–Crippen LogP) is 6.20. The maximum Gasteiger partial charge on any atom is 0.313 e. The second-order valence-electron chi connectivity index (χ2n) is 8.79. The first-order valence-electron chi connectivity index (χ1n) is 10.8. The number of aryl methyl sites for hydroxylation is 1. The molecule has 0 saturated heterocycles. The van der Waals surface area contributed by atoms with Gasteiger partial charge in [0.2, 0.25) is 0 Å². The number of hydrogen-bond donors (Lipinski definition) is 0. The highest BCUT2D eigenvalue weighted by Gasteiger charge is 2.23. The van der Waals surface area contributed by atoms with Crippen LogP contribution in [0.2, 0.25) is 0 Å². The molecule has 3 nitrogen and oxygen atoms in total. The SMILES string of the molecule is Cc1ccc(OC(=O)C(C)C)c(C(CCN(C(C)C)C(C)C)c2ccccc2)c1. The zero-order valence-corrected chi connectivity index (χ0v) is 19.1. The third-order valence-corrected chi connectivity index (χ3v) is 5.43. The third kappa shape index (κ3) is 6.43. The monoisotopic (exact) mass is 395 g/mol. The van der Waals surface area contributed by atoms with Crippen molar-refractivity contribution < 1.29 is 9.53 Å². The average Bonchev–Trinajstić information content (AvgIpc) is 2.66. The van der Waals surface area contributed by atoms with Gasteiger partial charge in [-0.15, -0.1) is 0 Å². The highest BCUT2D eigenvalue weighted by molar-refractivity contribution is 5.75. The lowest BCUT2D eigenvalue weighted by atomic mass is 9.86. The lowest BCUT2D eigenvalue weighted by molar-refractivity contribution is -0.137. The van der Waals surface area contributed by atoms with Crippen LogP contribution in [0.15, 0.2) is 48.5 Å².